The largest absolute Gasteiger partial charge is 0.457 e. The number of furan rings is 1. The maximum absolute atomic E-state index is 6.75. The number of para-hydroxylation sites is 1. The van der Waals surface area contributed by atoms with Gasteiger partial charge in [0.2, 0.25) is 5.88 Å². The zero-order chi connectivity index (χ0) is 36.2. The fraction of sp³-hybridized carbons (Fsp3) is 0.196. The fourth-order valence-corrected chi connectivity index (χ4v) is 9.03. The Kier molecular flexibility index (Phi) is 6.83. The number of thiophene rings is 1. The summed E-state index contributed by atoms with van der Waals surface area (Å²) in [5.74, 6) is 3.34. The van der Waals surface area contributed by atoms with E-state index < -0.39 is 0 Å². The van der Waals surface area contributed by atoms with Crippen LogP contribution in [0.5, 0.6) is 11.5 Å². The first-order valence-corrected chi connectivity index (χ1v) is 19.0. The quantitative estimate of drug-likeness (QED) is 0.182. The van der Waals surface area contributed by atoms with Gasteiger partial charge in [0.1, 0.15) is 28.6 Å². The summed E-state index contributed by atoms with van der Waals surface area (Å²) in [6.45, 7) is 14.1. The molecular formula is C46H40N4O2S. The normalized spacial score (nSPS) is 13.7. The van der Waals surface area contributed by atoms with E-state index in [1.807, 2.05) is 35.7 Å². The molecule has 53 heavy (non-hydrogen) atoms. The number of aromatic nitrogens is 2. The summed E-state index contributed by atoms with van der Waals surface area (Å²) in [5.41, 5.74) is 6.36. The summed E-state index contributed by atoms with van der Waals surface area (Å²) >= 11 is 1.84. The summed E-state index contributed by atoms with van der Waals surface area (Å²) in [6.07, 6.45) is 1.94. The molecule has 1 aliphatic heterocycles. The molecule has 0 fully saturated rings. The Morgan fingerprint density at radius 2 is 1.47 bits per heavy atom. The highest BCUT2D eigenvalue weighted by molar-refractivity contribution is 7.26. The van der Waals surface area contributed by atoms with Crippen molar-refractivity contribution >= 4 is 81.5 Å². The molecule has 4 aromatic heterocycles. The van der Waals surface area contributed by atoms with E-state index in [9.17, 15) is 0 Å². The van der Waals surface area contributed by atoms with Crippen LogP contribution in [0.2, 0.25) is 0 Å². The van der Waals surface area contributed by atoms with E-state index in [-0.39, 0.29) is 11.0 Å². The van der Waals surface area contributed by atoms with Gasteiger partial charge in [-0.1, -0.05) is 63.2 Å². The molecule has 6 nitrogen and oxygen atoms in total. The van der Waals surface area contributed by atoms with Crippen molar-refractivity contribution in [3.63, 3.8) is 0 Å². The standard InChI is InChI=1S/C46H40N4O2S/c1-45(2,3)28-22-23-47-40(24-28)50-36-26-31(18-19-32(36)33-20-21-39-41(42(33)50)35-15-8-10-17-38(35)53-39)51-30-13-11-12-29(25-30)48-27-49(46(4,5)6)44-43(48)34-14-7-9-16-37(34)52-44/h7-26H,27H2,1-6H3. The molecular weight excluding hydrogens is 673 g/mol. The van der Waals surface area contributed by atoms with Crippen LogP contribution in [0, 0.1) is 0 Å². The van der Waals surface area contributed by atoms with Crippen molar-refractivity contribution in [2.24, 2.45) is 0 Å². The second-order valence-electron chi connectivity index (χ2n) is 16.1. The lowest BCUT2D eigenvalue weighted by Gasteiger charge is -2.33. The third-order valence-electron chi connectivity index (χ3n) is 10.6. The molecule has 0 radical (unpaired) electrons. The smallest absolute Gasteiger partial charge is 0.222 e. The lowest BCUT2D eigenvalue weighted by Crippen LogP contribution is -2.42. The highest BCUT2D eigenvalue weighted by atomic mass is 32.1. The molecule has 0 unspecified atom stereocenters. The van der Waals surface area contributed by atoms with Crippen molar-refractivity contribution < 1.29 is 9.15 Å². The van der Waals surface area contributed by atoms with Crippen LogP contribution in [0.3, 0.4) is 0 Å². The van der Waals surface area contributed by atoms with Gasteiger partial charge in [-0.15, -0.1) is 11.3 Å². The number of benzene rings is 5. The van der Waals surface area contributed by atoms with Gasteiger partial charge in [0.15, 0.2) is 0 Å². The Morgan fingerprint density at radius 1 is 0.698 bits per heavy atom. The summed E-state index contributed by atoms with van der Waals surface area (Å²) in [4.78, 5) is 9.67. The van der Waals surface area contributed by atoms with Crippen LogP contribution < -0.4 is 14.5 Å². The minimum absolute atomic E-state index is 0.0249. The van der Waals surface area contributed by atoms with Crippen molar-refractivity contribution in [3.8, 4) is 17.3 Å². The Morgan fingerprint density at radius 3 is 2.30 bits per heavy atom. The third kappa shape index (κ3) is 5.01. The second-order valence-corrected chi connectivity index (χ2v) is 17.2. The van der Waals surface area contributed by atoms with E-state index in [1.165, 1.54) is 42.0 Å². The molecule has 5 heterocycles. The van der Waals surface area contributed by atoms with Gasteiger partial charge < -0.3 is 19.0 Å². The van der Waals surface area contributed by atoms with Crippen LogP contribution in [0.25, 0.3) is 58.8 Å². The molecule has 9 aromatic rings. The molecule has 0 spiro atoms. The van der Waals surface area contributed by atoms with Crippen LogP contribution in [0.15, 0.2) is 126 Å². The lowest BCUT2D eigenvalue weighted by molar-refractivity contribution is 0.473. The average molecular weight is 713 g/mol. The Balaban J connectivity index is 1.12. The second kappa shape index (κ2) is 11.4. The Bertz CT molecular complexity index is 2900. The zero-order valence-corrected chi connectivity index (χ0v) is 31.6. The number of hydrogen-bond donors (Lipinski definition) is 0. The van der Waals surface area contributed by atoms with E-state index in [2.05, 4.69) is 153 Å². The molecule has 7 heteroatoms. The van der Waals surface area contributed by atoms with Crippen molar-refractivity contribution in [2.45, 2.75) is 52.5 Å². The number of fused-ring (bicyclic) bond motifs is 10. The summed E-state index contributed by atoms with van der Waals surface area (Å²) < 4.78 is 18.1. The zero-order valence-electron chi connectivity index (χ0n) is 30.8. The summed E-state index contributed by atoms with van der Waals surface area (Å²) in [6, 6.07) is 40.8. The van der Waals surface area contributed by atoms with Gasteiger partial charge in [-0.2, -0.15) is 0 Å². The fourth-order valence-electron chi connectivity index (χ4n) is 7.92. The third-order valence-corrected chi connectivity index (χ3v) is 11.7. The molecule has 5 aromatic carbocycles. The monoisotopic (exact) mass is 712 g/mol. The minimum atomic E-state index is -0.124. The van der Waals surface area contributed by atoms with Gasteiger partial charge in [0.05, 0.1) is 17.7 Å². The van der Waals surface area contributed by atoms with Crippen molar-refractivity contribution in [1.29, 1.82) is 0 Å². The number of ether oxygens (including phenoxy) is 1. The maximum atomic E-state index is 6.75. The average Bonchev–Trinajstić information content (AvgIpc) is 3.89. The van der Waals surface area contributed by atoms with Gasteiger partial charge in [0.25, 0.3) is 0 Å². The van der Waals surface area contributed by atoms with Crippen molar-refractivity contribution in [1.82, 2.24) is 9.55 Å². The van der Waals surface area contributed by atoms with Gasteiger partial charge >= 0.3 is 0 Å². The SMILES string of the molecule is CC(C)(C)c1ccnc(-n2c3cc(Oc4cccc(N5CN(C(C)(C)C)c6oc7ccccc7c65)c4)ccc3c3ccc4sc5ccccc5c4c32)c1. The Hall–Kier alpha value is -5.79. The van der Waals surface area contributed by atoms with E-state index in [1.54, 1.807) is 0 Å². The van der Waals surface area contributed by atoms with E-state index in [4.69, 9.17) is 14.1 Å². The lowest BCUT2D eigenvalue weighted by atomic mass is 9.88. The van der Waals surface area contributed by atoms with Gasteiger partial charge in [-0.05, 0) is 92.4 Å². The van der Waals surface area contributed by atoms with Crippen LogP contribution in [-0.4, -0.2) is 21.8 Å². The minimum Gasteiger partial charge on any atom is -0.457 e. The first-order valence-electron chi connectivity index (χ1n) is 18.2. The first kappa shape index (κ1) is 31.9. The van der Waals surface area contributed by atoms with Gasteiger partial charge in [-0.3, -0.25) is 4.57 Å². The van der Waals surface area contributed by atoms with Crippen LogP contribution >= 0.6 is 11.3 Å². The summed E-state index contributed by atoms with van der Waals surface area (Å²) in [5, 5.41) is 6.00. The number of rotatable bonds is 4. The maximum Gasteiger partial charge on any atom is 0.222 e. The summed E-state index contributed by atoms with van der Waals surface area (Å²) in [7, 11) is 0. The predicted octanol–water partition coefficient (Wildman–Crippen LogP) is 13.1. The van der Waals surface area contributed by atoms with E-state index in [0.717, 1.165) is 51.1 Å². The molecule has 0 saturated carbocycles. The molecule has 1 aliphatic rings. The van der Waals surface area contributed by atoms with Gasteiger partial charge in [-0.25, -0.2) is 4.98 Å². The first-order chi connectivity index (χ1) is 25.5. The molecule has 262 valence electrons. The van der Waals surface area contributed by atoms with Gasteiger partial charge in [0, 0.05) is 65.9 Å². The number of anilines is 3. The molecule has 10 rings (SSSR count). The number of nitrogens with zero attached hydrogens (tertiary/aromatic N) is 4. The highest BCUT2D eigenvalue weighted by Gasteiger charge is 2.38. The highest BCUT2D eigenvalue weighted by Crippen LogP contribution is 2.50. The molecule has 0 saturated heterocycles. The van der Waals surface area contributed by atoms with Crippen molar-refractivity contribution in [3.05, 3.63) is 127 Å². The number of pyridine rings is 1. The molecule has 0 atom stereocenters. The molecule has 0 bridgehead atoms. The number of hydrogen-bond acceptors (Lipinski definition) is 6. The molecule has 0 amide bonds. The van der Waals surface area contributed by atoms with E-state index in [0.29, 0.717) is 6.67 Å². The van der Waals surface area contributed by atoms with Crippen LogP contribution in [0.1, 0.15) is 47.1 Å². The predicted molar refractivity (Wildman–Crippen MR) is 222 cm³/mol. The van der Waals surface area contributed by atoms with E-state index >= 15 is 0 Å². The topological polar surface area (TPSA) is 46.7 Å². The van der Waals surface area contributed by atoms with Crippen molar-refractivity contribution in [2.75, 3.05) is 16.5 Å². The Labute approximate surface area is 312 Å². The molecule has 0 aliphatic carbocycles. The van der Waals surface area contributed by atoms with Crippen LogP contribution in [-0.2, 0) is 5.41 Å². The van der Waals surface area contributed by atoms with Crippen LogP contribution in [0.4, 0.5) is 17.3 Å². The molecule has 0 N–H and O–H groups in total.